The van der Waals surface area contributed by atoms with Crippen molar-refractivity contribution in [1.82, 2.24) is 9.62 Å². The van der Waals surface area contributed by atoms with Gasteiger partial charge in [-0.05, 0) is 68.0 Å². The van der Waals surface area contributed by atoms with Crippen LogP contribution in [0.4, 0.5) is 0 Å². The zero-order valence-corrected chi connectivity index (χ0v) is 24.3. The van der Waals surface area contributed by atoms with Gasteiger partial charge in [-0.3, -0.25) is 19.1 Å². The molecule has 4 unspecified atom stereocenters. The number of rotatable bonds is 9. The van der Waals surface area contributed by atoms with Crippen LogP contribution in [-0.4, -0.2) is 47.0 Å². The van der Waals surface area contributed by atoms with Crippen molar-refractivity contribution < 1.29 is 27.9 Å². The van der Waals surface area contributed by atoms with E-state index >= 15 is 0 Å². The molecular formula is C28H32Cl2N2O6S. The lowest BCUT2D eigenvalue weighted by atomic mass is 9.67. The van der Waals surface area contributed by atoms with Gasteiger partial charge in [-0.2, -0.15) is 0 Å². The van der Waals surface area contributed by atoms with Crippen LogP contribution in [0, 0.1) is 5.41 Å². The van der Waals surface area contributed by atoms with Gasteiger partial charge in [-0.15, -0.1) is 0 Å². The first-order valence-electron chi connectivity index (χ1n) is 12.8. The Labute approximate surface area is 238 Å². The molecule has 1 saturated carbocycles. The second-order valence-electron chi connectivity index (χ2n) is 11.0. The number of carboxylic acids is 1. The number of piperidine rings is 1. The van der Waals surface area contributed by atoms with Crippen LogP contribution in [0.3, 0.4) is 0 Å². The number of hydrogen-bond acceptors (Lipinski definition) is 5. The molecule has 1 heterocycles. The summed E-state index contributed by atoms with van der Waals surface area (Å²) >= 11 is 12.5. The van der Waals surface area contributed by atoms with E-state index in [-0.39, 0.29) is 12.8 Å². The van der Waals surface area contributed by atoms with Crippen molar-refractivity contribution >= 4 is 51.0 Å². The second-order valence-corrected chi connectivity index (χ2v) is 14.1. The van der Waals surface area contributed by atoms with Gasteiger partial charge in [0.05, 0.1) is 22.6 Å². The zero-order chi connectivity index (χ0) is 28.8. The predicted molar refractivity (Wildman–Crippen MR) is 149 cm³/mol. The van der Waals surface area contributed by atoms with Crippen LogP contribution in [-0.2, 0) is 24.4 Å². The van der Waals surface area contributed by atoms with Gasteiger partial charge < -0.3 is 10.0 Å². The number of nitrogens with one attached hydrogen (secondary N) is 1. The molecule has 1 aliphatic carbocycles. The van der Waals surface area contributed by atoms with E-state index in [0.717, 1.165) is 5.56 Å². The number of carbonyl (C=O) groups excluding carboxylic acids is 2. The van der Waals surface area contributed by atoms with Crippen molar-refractivity contribution in [3.05, 3.63) is 69.7 Å². The number of sulfonamides is 1. The molecule has 2 aliphatic rings. The van der Waals surface area contributed by atoms with Gasteiger partial charge in [0, 0.05) is 16.0 Å². The second kappa shape index (κ2) is 10.7. The summed E-state index contributed by atoms with van der Waals surface area (Å²) in [5.74, 6) is -2.95. The molecule has 0 spiro atoms. The maximum absolute atomic E-state index is 14.2. The van der Waals surface area contributed by atoms with Gasteiger partial charge >= 0.3 is 5.97 Å². The fraction of sp³-hybridized carbons (Fsp3) is 0.464. The first kappa shape index (κ1) is 29.4. The van der Waals surface area contributed by atoms with E-state index in [9.17, 15) is 27.9 Å². The van der Waals surface area contributed by atoms with Crippen molar-refractivity contribution in [2.45, 2.75) is 75.6 Å². The highest BCUT2D eigenvalue weighted by Gasteiger charge is 2.55. The van der Waals surface area contributed by atoms with Crippen LogP contribution in [0.5, 0.6) is 0 Å². The largest absolute Gasteiger partial charge is 0.481 e. The van der Waals surface area contributed by atoms with E-state index in [0.29, 0.717) is 28.5 Å². The van der Waals surface area contributed by atoms with Crippen LogP contribution in [0.15, 0.2) is 48.5 Å². The molecule has 39 heavy (non-hydrogen) atoms. The summed E-state index contributed by atoms with van der Waals surface area (Å²) < 4.78 is 27.1. The van der Waals surface area contributed by atoms with Gasteiger partial charge in [-0.25, -0.2) is 8.42 Å². The first-order valence-corrected chi connectivity index (χ1v) is 15.1. The Hall–Kier alpha value is -2.62. The van der Waals surface area contributed by atoms with Crippen LogP contribution < -0.4 is 4.72 Å². The van der Waals surface area contributed by atoms with Gasteiger partial charge in [0.25, 0.3) is 5.91 Å². The van der Waals surface area contributed by atoms with Gasteiger partial charge in [-0.1, -0.05) is 61.3 Å². The Kier molecular flexibility index (Phi) is 8.09. The Balaban J connectivity index is 1.88. The average Bonchev–Trinajstić information content (AvgIpc) is 3.61. The van der Waals surface area contributed by atoms with E-state index in [1.165, 1.54) is 4.90 Å². The summed E-state index contributed by atoms with van der Waals surface area (Å²) in [5, 5.41) is 10.7. The molecule has 0 radical (unpaired) electrons. The number of nitrogens with zero attached hydrogens (tertiary/aromatic N) is 1. The van der Waals surface area contributed by atoms with Crippen molar-refractivity contribution in [2.24, 2.45) is 5.41 Å². The summed E-state index contributed by atoms with van der Waals surface area (Å²) in [6, 6.07) is 12.1. The number of carboxylic acid groups (broad SMARTS) is 1. The van der Waals surface area contributed by atoms with Gasteiger partial charge in [0.15, 0.2) is 0 Å². The molecule has 210 valence electrons. The summed E-state index contributed by atoms with van der Waals surface area (Å²) in [5.41, 5.74) is 0.0832. The summed E-state index contributed by atoms with van der Waals surface area (Å²) in [6.45, 7) is 4.85. The summed E-state index contributed by atoms with van der Waals surface area (Å²) in [4.78, 5) is 41.2. The molecule has 8 nitrogen and oxygen atoms in total. The molecule has 2 amide bonds. The third-order valence-electron chi connectivity index (χ3n) is 7.99. The van der Waals surface area contributed by atoms with E-state index in [4.69, 9.17) is 23.2 Å². The molecule has 2 aromatic carbocycles. The maximum Gasteiger partial charge on any atom is 0.304 e. The van der Waals surface area contributed by atoms with E-state index in [1.54, 1.807) is 63.2 Å². The van der Waals surface area contributed by atoms with E-state index < -0.39 is 62.4 Å². The summed E-state index contributed by atoms with van der Waals surface area (Å²) in [7, 11) is -3.97. The van der Waals surface area contributed by atoms with Crippen LogP contribution in [0.1, 0.15) is 76.0 Å². The number of carbonyl (C=O) groups is 3. The quantitative estimate of drug-likeness (QED) is 0.406. The van der Waals surface area contributed by atoms with Crippen molar-refractivity contribution in [3.8, 4) is 0 Å². The lowest BCUT2D eigenvalue weighted by Gasteiger charge is -2.51. The molecule has 4 rings (SSSR count). The monoisotopic (exact) mass is 594 g/mol. The lowest BCUT2D eigenvalue weighted by molar-refractivity contribution is -0.162. The number of aliphatic carboxylic acids is 1. The molecular weight excluding hydrogens is 563 g/mol. The van der Waals surface area contributed by atoms with E-state index in [2.05, 4.69) is 4.72 Å². The van der Waals surface area contributed by atoms with Crippen LogP contribution in [0.25, 0.3) is 0 Å². The highest BCUT2D eigenvalue weighted by Crippen LogP contribution is 2.52. The van der Waals surface area contributed by atoms with Crippen LogP contribution in [0.2, 0.25) is 10.0 Å². The minimum atomic E-state index is -3.97. The Bertz CT molecular complexity index is 1390. The zero-order valence-electron chi connectivity index (χ0n) is 22.0. The Morgan fingerprint density at radius 3 is 2.26 bits per heavy atom. The molecule has 0 aromatic heterocycles. The molecule has 2 fully saturated rings. The number of likely N-dealkylation sites (tertiary alicyclic amines) is 1. The Morgan fingerprint density at radius 2 is 1.72 bits per heavy atom. The predicted octanol–water partition coefficient (Wildman–Crippen LogP) is 5.31. The number of halogens is 2. The molecule has 2 aromatic rings. The lowest BCUT2D eigenvalue weighted by Crippen LogP contribution is -2.60. The third kappa shape index (κ3) is 5.81. The smallest absolute Gasteiger partial charge is 0.304 e. The molecule has 2 N–H and O–H groups in total. The molecule has 1 aliphatic heterocycles. The average molecular weight is 596 g/mol. The van der Waals surface area contributed by atoms with E-state index in [1.807, 2.05) is 6.07 Å². The highest BCUT2D eigenvalue weighted by molar-refractivity contribution is 7.91. The van der Waals surface area contributed by atoms with Crippen molar-refractivity contribution in [3.63, 3.8) is 0 Å². The fourth-order valence-corrected chi connectivity index (χ4v) is 7.11. The minimum absolute atomic E-state index is 0.110. The normalized spacial score (nSPS) is 25.2. The Morgan fingerprint density at radius 1 is 1.08 bits per heavy atom. The van der Waals surface area contributed by atoms with Gasteiger partial charge in [0.1, 0.15) is 6.04 Å². The first-order chi connectivity index (χ1) is 18.2. The minimum Gasteiger partial charge on any atom is -0.481 e. The van der Waals surface area contributed by atoms with Crippen LogP contribution >= 0.6 is 23.2 Å². The number of hydrogen-bond donors (Lipinski definition) is 2. The molecule has 4 atom stereocenters. The number of amides is 2. The number of benzene rings is 2. The standard InChI is InChI=1S/C28H32Cl2N2O6S/c1-4-22(25(35)31-39(37,38)28(3)12-13-28)32-24(17-8-10-19(29)11-9-17)21(18-6-5-7-20(30)14-18)15-27(2,26(32)36)16-23(33)34/h5-11,14,21-22,24H,4,12-13,15-16H2,1-3H3,(H,31,35)(H,33,34). The molecule has 1 saturated heterocycles. The van der Waals surface area contributed by atoms with Gasteiger partial charge in [0.2, 0.25) is 15.9 Å². The SMILES string of the molecule is CCC(C(=O)NS(=O)(=O)C1(C)CC1)N1C(=O)C(C)(CC(=O)O)CC(c2cccc(Cl)c2)C1c1ccc(Cl)cc1. The van der Waals surface area contributed by atoms with Crippen molar-refractivity contribution in [1.29, 1.82) is 0 Å². The topological polar surface area (TPSA) is 121 Å². The highest BCUT2D eigenvalue weighted by atomic mass is 35.5. The fourth-order valence-electron chi connectivity index (χ4n) is 5.50. The summed E-state index contributed by atoms with van der Waals surface area (Å²) in [6.07, 6.45) is 0.711. The maximum atomic E-state index is 14.2. The third-order valence-corrected chi connectivity index (χ3v) is 10.7. The molecule has 11 heteroatoms. The molecule has 0 bridgehead atoms. The van der Waals surface area contributed by atoms with Crippen molar-refractivity contribution in [2.75, 3.05) is 0 Å².